The van der Waals surface area contributed by atoms with Crippen LogP contribution < -0.4 is 21.1 Å². The predicted molar refractivity (Wildman–Crippen MR) is 99.7 cm³/mol. The van der Waals surface area contributed by atoms with Crippen LogP contribution in [0.25, 0.3) is 0 Å². The third-order valence-electron chi connectivity index (χ3n) is 3.70. The molecule has 0 saturated heterocycles. The Bertz CT molecular complexity index is 822. The molecular weight excluding hydrogens is 381 g/mol. The van der Waals surface area contributed by atoms with Gasteiger partial charge in [0, 0.05) is 13.1 Å². The monoisotopic (exact) mass is 400 g/mol. The lowest BCUT2D eigenvalue weighted by atomic mass is 10.1. The van der Waals surface area contributed by atoms with Crippen LogP contribution >= 0.6 is 11.8 Å². The molecule has 0 bridgehead atoms. The van der Waals surface area contributed by atoms with E-state index in [1.54, 1.807) is 6.92 Å². The van der Waals surface area contributed by atoms with Crippen LogP contribution in [0, 0.1) is 11.2 Å². The lowest BCUT2D eigenvalue weighted by Crippen LogP contribution is -2.22. The molecule has 10 heteroatoms. The Morgan fingerprint density at radius 3 is 2.63 bits per heavy atom. The highest BCUT2D eigenvalue weighted by Gasteiger charge is 2.29. The van der Waals surface area contributed by atoms with Crippen molar-refractivity contribution < 1.29 is 22.7 Å². The van der Waals surface area contributed by atoms with E-state index in [9.17, 15) is 18.0 Å². The van der Waals surface area contributed by atoms with Gasteiger partial charge >= 0.3 is 0 Å². The molecule has 1 aliphatic rings. The highest BCUT2D eigenvalue weighted by atomic mass is 32.2. The Morgan fingerprint density at radius 2 is 2.04 bits per heavy atom. The minimum absolute atomic E-state index is 0.0254. The smallest absolute Gasteiger partial charge is 0.258 e. The molecule has 1 amide bonds. The number of ether oxygens (including phenoxy) is 1. The second-order valence-corrected chi connectivity index (χ2v) is 6.59. The van der Waals surface area contributed by atoms with Gasteiger partial charge in [0.2, 0.25) is 0 Å². The van der Waals surface area contributed by atoms with Crippen molar-refractivity contribution in [3.63, 3.8) is 0 Å². The first-order valence-electron chi connectivity index (χ1n) is 7.87. The number of amides is 1. The summed E-state index contributed by atoms with van der Waals surface area (Å²) in [7, 11) is 1.48. The number of hydrogen-bond acceptors (Lipinski definition) is 6. The highest BCUT2D eigenvalue weighted by Crippen LogP contribution is 2.38. The first kappa shape index (κ1) is 20.7. The van der Waals surface area contributed by atoms with E-state index >= 15 is 0 Å². The van der Waals surface area contributed by atoms with Crippen LogP contribution in [0.1, 0.15) is 6.92 Å². The largest absolute Gasteiger partial charge is 0.483 e. The summed E-state index contributed by atoms with van der Waals surface area (Å²) in [4.78, 5) is 12.2. The number of carbonyl (C=O) groups is 1. The Hall–Kier alpha value is -2.62. The van der Waals surface area contributed by atoms with Crippen LogP contribution in [0.2, 0.25) is 0 Å². The van der Waals surface area contributed by atoms with E-state index in [1.807, 2.05) is 0 Å². The quantitative estimate of drug-likeness (QED) is 0.564. The average molecular weight is 400 g/mol. The molecule has 2 rings (SSSR count). The number of nitrogens with two attached hydrogens (primary N) is 1. The minimum Gasteiger partial charge on any atom is -0.483 e. The molecular formula is C17H19F3N4O2S. The summed E-state index contributed by atoms with van der Waals surface area (Å²) < 4.78 is 44.2. The number of likely N-dealkylation sites (N-methyl/N-ethyl adjacent to an activating group) is 1. The van der Waals surface area contributed by atoms with Crippen molar-refractivity contribution in [2.24, 2.45) is 5.73 Å². The molecule has 0 radical (unpaired) electrons. The van der Waals surface area contributed by atoms with Crippen molar-refractivity contribution in [3.8, 4) is 5.75 Å². The predicted octanol–water partition coefficient (Wildman–Crippen LogP) is 2.84. The van der Waals surface area contributed by atoms with Crippen molar-refractivity contribution in [2.75, 3.05) is 25.7 Å². The van der Waals surface area contributed by atoms with Crippen molar-refractivity contribution in [1.82, 2.24) is 5.32 Å². The number of thioether (sulfide) groups is 1. The summed E-state index contributed by atoms with van der Waals surface area (Å²) >= 11 is 0.960. The van der Waals surface area contributed by atoms with Gasteiger partial charge in [0.15, 0.2) is 6.10 Å². The molecule has 0 aliphatic carbocycles. The van der Waals surface area contributed by atoms with Crippen LogP contribution in [0.5, 0.6) is 5.75 Å². The summed E-state index contributed by atoms with van der Waals surface area (Å²) in [5.41, 5.74) is 7.03. The number of alkyl halides is 2. The van der Waals surface area contributed by atoms with Crippen molar-refractivity contribution >= 4 is 28.4 Å². The molecule has 1 heterocycles. The Balaban J connectivity index is 2.38. The van der Waals surface area contributed by atoms with Gasteiger partial charge in [0.25, 0.3) is 5.91 Å². The van der Waals surface area contributed by atoms with Crippen LogP contribution in [-0.4, -0.2) is 37.5 Å². The fourth-order valence-corrected chi connectivity index (χ4v) is 3.38. The molecule has 0 unspecified atom stereocenters. The lowest BCUT2D eigenvalue weighted by molar-refractivity contribution is -0.116. The number of halogens is 3. The van der Waals surface area contributed by atoms with Gasteiger partial charge in [-0.1, -0.05) is 11.8 Å². The van der Waals surface area contributed by atoms with E-state index in [0.29, 0.717) is 16.1 Å². The van der Waals surface area contributed by atoms with Crippen LogP contribution in [0.15, 0.2) is 40.1 Å². The fraction of sp³-hybridized carbons (Fsp3) is 0.294. The zero-order valence-corrected chi connectivity index (χ0v) is 15.5. The van der Waals surface area contributed by atoms with E-state index < -0.39 is 25.3 Å². The average Bonchev–Trinajstić information content (AvgIpc) is 2.95. The molecule has 0 atom stereocenters. The van der Waals surface area contributed by atoms with Gasteiger partial charge in [-0.25, -0.2) is 13.2 Å². The van der Waals surface area contributed by atoms with Crippen molar-refractivity contribution in [1.29, 1.82) is 5.41 Å². The van der Waals surface area contributed by atoms with Crippen LogP contribution in [0.3, 0.4) is 0 Å². The van der Waals surface area contributed by atoms with Gasteiger partial charge in [-0.05, 0) is 24.6 Å². The van der Waals surface area contributed by atoms with E-state index in [-0.39, 0.29) is 28.2 Å². The summed E-state index contributed by atoms with van der Waals surface area (Å²) in [5.74, 6) is -1.09. The van der Waals surface area contributed by atoms with E-state index in [1.165, 1.54) is 13.1 Å². The molecule has 0 saturated carbocycles. The Morgan fingerprint density at radius 1 is 1.37 bits per heavy atom. The Labute approximate surface area is 158 Å². The van der Waals surface area contributed by atoms with Gasteiger partial charge in [0.05, 0.1) is 16.2 Å². The standard InChI is InChI=1S/C17H19F3N4O2S/c1-8-13(16(22)27-14(8)17(25)23-2)15(21)24-11-4-3-9(20)5-12(11)26-10(6-18)7-19/h3-5,10,22,24H,6-7,21H2,1-2H3,(H,23,25)/b15-13+,22-16?. The molecule has 27 heavy (non-hydrogen) atoms. The number of anilines is 1. The topological polar surface area (TPSA) is 100 Å². The first-order chi connectivity index (χ1) is 12.8. The molecule has 1 aliphatic heterocycles. The van der Waals surface area contributed by atoms with Gasteiger partial charge in [-0.3, -0.25) is 10.2 Å². The molecule has 0 fully saturated rings. The number of hydrogen-bond donors (Lipinski definition) is 4. The van der Waals surface area contributed by atoms with Gasteiger partial charge in [-0.2, -0.15) is 0 Å². The van der Waals surface area contributed by atoms with E-state index in [0.717, 1.165) is 23.9 Å². The molecule has 1 aromatic rings. The van der Waals surface area contributed by atoms with Crippen LogP contribution in [0.4, 0.5) is 18.9 Å². The maximum atomic E-state index is 13.5. The van der Waals surface area contributed by atoms with Gasteiger partial charge < -0.3 is 21.1 Å². The second-order valence-electron chi connectivity index (χ2n) is 5.57. The third-order valence-corrected chi connectivity index (χ3v) is 4.80. The lowest BCUT2D eigenvalue weighted by Gasteiger charge is -2.18. The van der Waals surface area contributed by atoms with Crippen molar-refractivity contribution in [3.05, 3.63) is 45.9 Å². The van der Waals surface area contributed by atoms with Gasteiger partial charge in [-0.15, -0.1) is 0 Å². The maximum absolute atomic E-state index is 13.5. The maximum Gasteiger partial charge on any atom is 0.258 e. The zero-order valence-electron chi connectivity index (χ0n) is 14.7. The SMILES string of the molecule is CNC(=O)C1=C(C)/C(=C(/N)Nc2ccc(F)cc2OC(CF)CF)C(=N)S1. The number of benzene rings is 1. The number of carbonyl (C=O) groups excluding carboxylic acids is 1. The number of allylic oxidation sites excluding steroid dienone is 1. The Kier molecular flexibility index (Phi) is 6.78. The first-order valence-corrected chi connectivity index (χ1v) is 8.69. The molecule has 0 spiro atoms. The molecule has 6 nitrogen and oxygen atoms in total. The van der Waals surface area contributed by atoms with Crippen molar-refractivity contribution in [2.45, 2.75) is 13.0 Å². The normalized spacial score (nSPS) is 16.0. The molecule has 5 N–H and O–H groups in total. The minimum atomic E-state index is -1.37. The summed E-state index contributed by atoms with van der Waals surface area (Å²) in [6.45, 7) is -0.517. The fourth-order valence-electron chi connectivity index (χ4n) is 2.36. The van der Waals surface area contributed by atoms with Gasteiger partial charge in [0.1, 0.15) is 35.8 Å². The van der Waals surface area contributed by atoms with Crippen LogP contribution in [-0.2, 0) is 4.79 Å². The summed E-state index contributed by atoms with van der Waals surface area (Å²) in [6.07, 6.45) is -1.37. The van der Waals surface area contributed by atoms with E-state index in [4.69, 9.17) is 15.9 Å². The number of rotatable bonds is 7. The molecule has 1 aromatic carbocycles. The molecule has 146 valence electrons. The highest BCUT2D eigenvalue weighted by molar-refractivity contribution is 8.18. The van der Waals surface area contributed by atoms with E-state index in [2.05, 4.69) is 10.6 Å². The second kappa shape index (κ2) is 8.85. The molecule has 0 aromatic heterocycles. The summed E-state index contributed by atoms with van der Waals surface area (Å²) in [5, 5.41) is 13.4. The number of nitrogens with one attached hydrogen (secondary N) is 3. The third kappa shape index (κ3) is 4.57. The summed E-state index contributed by atoms with van der Waals surface area (Å²) in [6, 6.07) is 3.41. The zero-order chi connectivity index (χ0) is 20.1.